The minimum Gasteiger partial charge on any atom is -0.480 e. The smallest absolute Gasteiger partial charge is 0.329 e. The molecule has 0 radical (unpaired) electrons. The molecular formula is C15H20BrNO3S. The fourth-order valence-corrected chi connectivity index (χ4v) is 4.30. The summed E-state index contributed by atoms with van der Waals surface area (Å²) in [7, 11) is 0. The first-order valence-corrected chi connectivity index (χ1v) is 8.82. The number of nitrogens with zero attached hydrogens (tertiary/aromatic N) is 1. The van der Waals surface area contributed by atoms with Gasteiger partial charge in [0.2, 0.25) is 5.91 Å². The average molecular weight is 374 g/mol. The van der Waals surface area contributed by atoms with E-state index in [1.54, 1.807) is 23.2 Å². The molecule has 1 N–H and O–H groups in total. The highest BCUT2D eigenvalue weighted by Gasteiger charge is 2.43. The van der Waals surface area contributed by atoms with Crippen LogP contribution in [0.4, 0.5) is 0 Å². The lowest BCUT2D eigenvalue weighted by molar-refractivity contribution is -0.161. The Labute approximate surface area is 137 Å². The van der Waals surface area contributed by atoms with E-state index in [1.807, 2.05) is 6.07 Å². The number of aliphatic carboxylic acids is 1. The Morgan fingerprint density at radius 1 is 1.43 bits per heavy atom. The van der Waals surface area contributed by atoms with Crippen LogP contribution in [0, 0.1) is 0 Å². The molecule has 0 saturated carbocycles. The van der Waals surface area contributed by atoms with E-state index in [1.165, 1.54) is 4.88 Å². The number of likely N-dealkylation sites (tertiary alicyclic amines) is 1. The summed E-state index contributed by atoms with van der Waals surface area (Å²) >= 11 is 5.10. The van der Waals surface area contributed by atoms with Gasteiger partial charge >= 0.3 is 5.97 Å². The van der Waals surface area contributed by atoms with Crippen LogP contribution in [0.25, 0.3) is 0 Å². The average Bonchev–Trinajstić information content (AvgIpc) is 2.84. The Morgan fingerprint density at radius 2 is 2.19 bits per heavy atom. The maximum atomic E-state index is 12.4. The van der Waals surface area contributed by atoms with Crippen molar-refractivity contribution in [1.82, 2.24) is 4.90 Å². The van der Waals surface area contributed by atoms with Gasteiger partial charge in [-0.2, -0.15) is 0 Å². The fraction of sp³-hybridized carbons (Fsp3) is 0.600. The van der Waals surface area contributed by atoms with Crippen LogP contribution < -0.4 is 0 Å². The van der Waals surface area contributed by atoms with Crippen LogP contribution in [0.3, 0.4) is 0 Å². The van der Waals surface area contributed by atoms with Gasteiger partial charge in [0.05, 0.1) is 3.79 Å². The number of thiophene rings is 1. The first kappa shape index (κ1) is 16.5. The normalized spacial score (nSPS) is 22.3. The van der Waals surface area contributed by atoms with Gasteiger partial charge in [-0.25, -0.2) is 4.79 Å². The molecule has 0 spiro atoms. The third-order valence-electron chi connectivity index (χ3n) is 4.10. The zero-order valence-corrected chi connectivity index (χ0v) is 14.5. The summed E-state index contributed by atoms with van der Waals surface area (Å²) in [6.07, 6.45) is 4.35. The van der Waals surface area contributed by atoms with Gasteiger partial charge in [-0.05, 0) is 67.1 Å². The summed E-state index contributed by atoms with van der Waals surface area (Å²) in [5, 5.41) is 9.43. The lowest BCUT2D eigenvalue weighted by Gasteiger charge is -2.41. The first-order valence-electron chi connectivity index (χ1n) is 7.21. The lowest BCUT2D eigenvalue weighted by atomic mass is 9.88. The molecule has 1 aliphatic rings. The molecule has 1 atom stereocenters. The van der Waals surface area contributed by atoms with E-state index in [0.29, 0.717) is 19.4 Å². The molecule has 1 aromatic rings. The second kappa shape index (κ2) is 6.92. The monoisotopic (exact) mass is 373 g/mol. The molecule has 6 heteroatoms. The van der Waals surface area contributed by atoms with Crippen molar-refractivity contribution < 1.29 is 14.7 Å². The van der Waals surface area contributed by atoms with E-state index in [9.17, 15) is 14.7 Å². The summed E-state index contributed by atoms with van der Waals surface area (Å²) < 4.78 is 1.10. The van der Waals surface area contributed by atoms with Crippen LogP contribution in [0.2, 0.25) is 0 Å². The number of carboxylic acids is 1. The number of hydrogen-bond donors (Lipinski definition) is 1. The Balaban J connectivity index is 1.90. The molecule has 2 rings (SSSR count). The Morgan fingerprint density at radius 3 is 2.81 bits per heavy atom. The van der Waals surface area contributed by atoms with Crippen LogP contribution in [-0.2, 0) is 16.0 Å². The van der Waals surface area contributed by atoms with E-state index in [4.69, 9.17) is 0 Å². The van der Waals surface area contributed by atoms with Crippen LogP contribution in [0.1, 0.15) is 43.9 Å². The first-order chi connectivity index (χ1) is 9.93. The molecule has 1 aromatic heterocycles. The highest BCUT2D eigenvalue weighted by Crippen LogP contribution is 2.29. The van der Waals surface area contributed by atoms with Crippen molar-refractivity contribution in [3.63, 3.8) is 0 Å². The van der Waals surface area contributed by atoms with Crippen molar-refractivity contribution in [2.24, 2.45) is 0 Å². The van der Waals surface area contributed by atoms with E-state index in [-0.39, 0.29) is 5.91 Å². The summed E-state index contributed by atoms with van der Waals surface area (Å²) in [5.41, 5.74) is -1.03. The molecule has 1 fully saturated rings. The van der Waals surface area contributed by atoms with Gasteiger partial charge in [0.15, 0.2) is 0 Å². The van der Waals surface area contributed by atoms with Crippen molar-refractivity contribution >= 4 is 39.1 Å². The number of carbonyl (C=O) groups is 2. The van der Waals surface area contributed by atoms with Crippen LogP contribution in [0.5, 0.6) is 0 Å². The van der Waals surface area contributed by atoms with Crippen LogP contribution in [0.15, 0.2) is 15.9 Å². The number of carboxylic acid groups (broad SMARTS) is 1. The summed E-state index contributed by atoms with van der Waals surface area (Å²) in [6, 6.07) is 4.06. The summed E-state index contributed by atoms with van der Waals surface area (Å²) in [6.45, 7) is 2.23. The number of rotatable bonds is 5. The highest BCUT2D eigenvalue weighted by molar-refractivity contribution is 9.11. The van der Waals surface area contributed by atoms with E-state index in [2.05, 4.69) is 22.0 Å². The quantitative estimate of drug-likeness (QED) is 0.855. The predicted octanol–water partition coefficient (Wildman–Crippen LogP) is 3.69. The second-order valence-electron chi connectivity index (χ2n) is 5.64. The Kier molecular flexibility index (Phi) is 5.43. The number of amides is 1. The Hall–Kier alpha value is -0.880. The summed E-state index contributed by atoms with van der Waals surface area (Å²) in [4.78, 5) is 26.7. The number of hydrogen-bond acceptors (Lipinski definition) is 3. The predicted molar refractivity (Wildman–Crippen MR) is 86.6 cm³/mol. The van der Waals surface area contributed by atoms with Crippen LogP contribution >= 0.6 is 27.3 Å². The number of piperidine rings is 1. The molecule has 1 saturated heterocycles. The fourth-order valence-electron chi connectivity index (χ4n) is 2.78. The number of halogens is 1. The van der Waals surface area contributed by atoms with Gasteiger partial charge in [0.25, 0.3) is 0 Å². The molecule has 2 heterocycles. The second-order valence-corrected chi connectivity index (χ2v) is 8.19. The molecule has 0 aromatic carbocycles. The maximum absolute atomic E-state index is 12.4. The van der Waals surface area contributed by atoms with Gasteiger partial charge in [-0.3, -0.25) is 4.79 Å². The lowest BCUT2D eigenvalue weighted by Crippen LogP contribution is -2.57. The molecule has 0 bridgehead atoms. The summed E-state index contributed by atoms with van der Waals surface area (Å²) in [5.74, 6) is -0.923. The van der Waals surface area contributed by atoms with Gasteiger partial charge in [0, 0.05) is 17.8 Å². The third kappa shape index (κ3) is 3.86. The molecule has 1 unspecified atom stereocenters. The van der Waals surface area contributed by atoms with Crippen molar-refractivity contribution in [2.45, 2.75) is 51.0 Å². The SMILES string of the molecule is CC1(C(=O)O)CCCCN1C(=O)CCCc1ccc(Br)s1. The molecule has 116 valence electrons. The van der Waals surface area contributed by atoms with Crippen molar-refractivity contribution in [1.29, 1.82) is 0 Å². The minimum atomic E-state index is -1.03. The van der Waals surface area contributed by atoms with E-state index >= 15 is 0 Å². The van der Waals surface area contributed by atoms with Crippen molar-refractivity contribution in [3.8, 4) is 0 Å². The van der Waals surface area contributed by atoms with Gasteiger partial charge < -0.3 is 10.0 Å². The molecular weight excluding hydrogens is 354 g/mol. The van der Waals surface area contributed by atoms with Gasteiger partial charge in [0.1, 0.15) is 5.54 Å². The van der Waals surface area contributed by atoms with Gasteiger partial charge in [-0.1, -0.05) is 0 Å². The highest BCUT2D eigenvalue weighted by atomic mass is 79.9. The van der Waals surface area contributed by atoms with Crippen molar-refractivity contribution in [3.05, 3.63) is 20.8 Å². The van der Waals surface area contributed by atoms with E-state index in [0.717, 1.165) is 29.5 Å². The molecule has 1 aliphatic heterocycles. The Bertz CT molecular complexity index is 531. The zero-order valence-electron chi connectivity index (χ0n) is 12.1. The minimum absolute atomic E-state index is 0.0322. The third-order valence-corrected chi connectivity index (χ3v) is 5.78. The molecule has 4 nitrogen and oxygen atoms in total. The van der Waals surface area contributed by atoms with Crippen LogP contribution in [-0.4, -0.2) is 34.0 Å². The largest absolute Gasteiger partial charge is 0.480 e. The number of carbonyl (C=O) groups excluding carboxylic acids is 1. The van der Waals surface area contributed by atoms with E-state index < -0.39 is 11.5 Å². The maximum Gasteiger partial charge on any atom is 0.329 e. The van der Waals surface area contributed by atoms with Gasteiger partial charge in [-0.15, -0.1) is 11.3 Å². The zero-order chi connectivity index (χ0) is 15.5. The standard InChI is InChI=1S/C15H20BrNO3S/c1-15(14(19)20)9-2-3-10-17(15)13(18)6-4-5-11-7-8-12(16)21-11/h7-8H,2-6,9-10H2,1H3,(H,19,20). The topological polar surface area (TPSA) is 57.6 Å². The molecule has 0 aliphatic carbocycles. The number of aryl methyl sites for hydroxylation is 1. The molecule has 1 amide bonds. The van der Waals surface area contributed by atoms with Crippen molar-refractivity contribution in [2.75, 3.05) is 6.54 Å². The molecule has 21 heavy (non-hydrogen) atoms.